The van der Waals surface area contributed by atoms with E-state index >= 15 is 0 Å². The molecule has 5 nitrogen and oxygen atoms in total. The van der Waals surface area contributed by atoms with Gasteiger partial charge < -0.3 is 10.4 Å². The summed E-state index contributed by atoms with van der Waals surface area (Å²) in [5, 5.41) is 13.6. The van der Waals surface area contributed by atoms with Crippen LogP contribution in [0.5, 0.6) is 0 Å². The third kappa shape index (κ3) is 4.23. The molecule has 1 fully saturated rings. The molecule has 6 heteroatoms. The normalized spacial score (nSPS) is 15.9. The van der Waals surface area contributed by atoms with Crippen LogP contribution >= 0.6 is 0 Å². The first-order chi connectivity index (χ1) is 13.2. The van der Waals surface area contributed by atoms with Gasteiger partial charge in [-0.3, -0.25) is 4.90 Å². The number of nitrogens with zero attached hydrogens (tertiary/aromatic N) is 3. The zero-order chi connectivity index (χ0) is 18.6. The highest BCUT2D eigenvalue weighted by molar-refractivity contribution is 5.89. The zero-order valence-corrected chi connectivity index (χ0v) is 15.1. The number of rotatable bonds is 5. The van der Waals surface area contributed by atoms with Crippen molar-refractivity contribution in [2.45, 2.75) is 32.0 Å². The van der Waals surface area contributed by atoms with E-state index in [9.17, 15) is 9.50 Å². The predicted molar refractivity (Wildman–Crippen MR) is 104 cm³/mol. The van der Waals surface area contributed by atoms with Crippen molar-refractivity contribution in [3.63, 3.8) is 0 Å². The van der Waals surface area contributed by atoms with E-state index in [1.54, 1.807) is 6.07 Å². The predicted octanol–water partition coefficient (Wildman–Crippen LogP) is 3.34. The fourth-order valence-electron chi connectivity index (χ4n) is 3.48. The lowest BCUT2D eigenvalue weighted by molar-refractivity contribution is 0.0792. The summed E-state index contributed by atoms with van der Waals surface area (Å²) in [7, 11) is 0. The Kier molecular flexibility index (Phi) is 5.27. The van der Waals surface area contributed by atoms with Gasteiger partial charge in [0.15, 0.2) is 0 Å². The Labute approximate surface area is 157 Å². The van der Waals surface area contributed by atoms with Gasteiger partial charge in [-0.15, -0.1) is 0 Å². The van der Waals surface area contributed by atoms with Crippen LogP contribution in [0, 0.1) is 5.82 Å². The van der Waals surface area contributed by atoms with E-state index < -0.39 is 0 Å². The van der Waals surface area contributed by atoms with Crippen LogP contribution in [0.3, 0.4) is 0 Å². The Morgan fingerprint density at radius 1 is 1.04 bits per heavy atom. The average Bonchev–Trinajstić information content (AvgIpc) is 2.70. The number of benzene rings is 2. The number of fused-ring (bicyclic) bond motifs is 1. The Morgan fingerprint density at radius 3 is 2.56 bits per heavy atom. The van der Waals surface area contributed by atoms with Gasteiger partial charge in [-0.05, 0) is 36.1 Å². The lowest BCUT2D eigenvalue weighted by Crippen LogP contribution is -2.35. The van der Waals surface area contributed by atoms with Crippen LogP contribution in [0.15, 0.2) is 48.8 Å². The molecule has 1 aliphatic rings. The second-order valence-electron chi connectivity index (χ2n) is 7.04. The number of nitrogens with one attached hydrogen (secondary N) is 1. The summed E-state index contributed by atoms with van der Waals surface area (Å²) >= 11 is 0. The summed E-state index contributed by atoms with van der Waals surface area (Å²) in [6.45, 7) is 3.42. The van der Waals surface area contributed by atoms with Crippen molar-refractivity contribution >= 4 is 16.7 Å². The molecule has 0 aliphatic carbocycles. The van der Waals surface area contributed by atoms with Gasteiger partial charge in [-0.25, -0.2) is 14.4 Å². The number of aliphatic hydroxyl groups excluding tert-OH is 1. The van der Waals surface area contributed by atoms with Crippen molar-refractivity contribution in [3.8, 4) is 0 Å². The second-order valence-corrected chi connectivity index (χ2v) is 7.04. The Morgan fingerprint density at radius 2 is 1.78 bits per heavy atom. The topological polar surface area (TPSA) is 61.3 Å². The number of hydrogen-bond acceptors (Lipinski definition) is 5. The quantitative estimate of drug-likeness (QED) is 0.725. The van der Waals surface area contributed by atoms with E-state index in [1.165, 1.54) is 18.0 Å². The van der Waals surface area contributed by atoms with Gasteiger partial charge in [0.25, 0.3) is 0 Å². The molecule has 140 valence electrons. The second kappa shape index (κ2) is 7.98. The molecule has 0 saturated carbocycles. The van der Waals surface area contributed by atoms with E-state index in [4.69, 9.17) is 0 Å². The number of anilines is 1. The molecule has 1 aromatic heterocycles. The minimum atomic E-state index is -0.340. The number of para-hydroxylation sites is 1. The number of piperidine rings is 1. The maximum Gasteiger partial charge on any atom is 0.149 e. The van der Waals surface area contributed by atoms with Crippen LogP contribution < -0.4 is 5.32 Å². The van der Waals surface area contributed by atoms with Crippen molar-refractivity contribution in [1.29, 1.82) is 0 Å². The summed E-state index contributed by atoms with van der Waals surface area (Å²) in [6.07, 6.45) is 2.96. The summed E-state index contributed by atoms with van der Waals surface area (Å²) < 4.78 is 13.9. The van der Waals surface area contributed by atoms with Gasteiger partial charge in [0.1, 0.15) is 23.5 Å². The molecule has 0 radical (unpaired) electrons. The molecule has 1 aliphatic heterocycles. The molecule has 1 saturated heterocycles. The largest absolute Gasteiger partial charge is 0.393 e. The Hall–Kier alpha value is -2.57. The van der Waals surface area contributed by atoms with Gasteiger partial charge in [-0.1, -0.05) is 30.3 Å². The van der Waals surface area contributed by atoms with Crippen LogP contribution in [0.2, 0.25) is 0 Å². The molecule has 2 aromatic carbocycles. The first-order valence-electron chi connectivity index (χ1n) is 9.30. The smallest absolute Gasteiger partial charge is 0.149 e. The minimum absolute atomic E-state index is 0.138. The summed E-state index contributed by atoms with van der Waals surface area (Å²) in [5.74, 6) is 0.294. The van der Waals surface area contributed by atoms with Crippen LogP contribution in [-0.4, -0.2) is 39.2 Å². The lowest BCUT2D eigenvalue weighted by atomic mass is 10.1. The summed E-state index contributed by atoms with van der Waals surface area (Å²) in [6, 6.07) is 13.4. The standard InChI is InChI=1S/C21H23FN4O/c22-19-3-1-2-18-20(19)24-14-25-21(18)23-12-15-4-6-16(7-5-15)13-26-10-8-17(27)9-11-26/h1-7,14,17,27H,8-13H2,(H,23,24,25). The molecule has 0 unspecified atom stereocenters. The number of halogens is 1. The Balaban J connectivity index is 1.39. The maximum absolute atomic E-state index is 13.9. The monoisotopic (exact) mass is 366 g/mol. The van der Waals surface area contributed by atoms with E-state index in [0.717, 1.165) is 38.0 Å². The number of hydrogen-bond donors (Lipinski definition) is 2. The molecular formula is C21H23FN4O. The van der Waals surface area contributed by atoms with Gasteiger partial charge in [0, 0.05) is 31.6 Å². The van der Waals surface area contributed by atoms with E-state index in [2.05, 4.69) is 44.5 Å². The molecule has 2 heterocycles. The fraction of sp³-hybridized carbons (Fsp3) is 0.333. The molecule has 2 N–H and O–H groups in total. The van der Waals surface area contributed by atoms with Crippen molar-refractivity contribution < 1.29 is 9.50 Å². The van der Waals surface area contributed by atoms with Crippen molar-refractivity contribution in [1.82, 2.24) is 14.9 Å². The van der Waals surface area contributed by atoms with E-state index in [0.29, 0.717) is 23.3 Å². The van der Waals surface area contributed by atoms with Crippen molar-refractivity contribution in [2.75, 3.05) is 18.4 Å². The summed E-state index contributed by atoms with van der Waals surface area (Å²) in [5.41, 5.74) is 2.73. The van der Waals surface area contributed by atoms with Gasteiger partial charge in [0.05, 0.1) is 6.10 Å². The first-order valence-corrected chi connectivity index (χ1v) is 9.30. The van der Waals surface area contributed by atoms with E-state index in [1.807, 2.05) is 6.07 Å². The highest BCUT2D eigenvalue weighted by atomic mass is 19.1. The summed E-state index contributed by atoms with van der Waals surface area (Å²) in [4.78, 5) is 10.6. The lowest BCUT2D eigenvalue weighted by Gasteiger charge is -2.29. The third-order valence-corrected chi connectivity index (χ3v) is 5.06. The minimum Gasteiger partial charge on any atom is -0.393 e. The van der Waals surface area contributed by atoms with E-state index in [-0.39, 0.29) is 11.9 Å². The SMILES string of the molecule is OC1CCN(Cc2ccc(CNc3ncnc4c(F)cccc34)cc2)CC1. The number of likely N-dealkylation sites (tertiary alicyclic amines) is 1. The highest BCUT2D eigenvalue weighted by Crippen LogP contribution is 2.22. The van der Waals surface area contributed by atoms with Crippen LogP contribution in [0.1, 0.15) is 24.0 Å². The molecule has 0 amide bonds. The molecule has 4 rings (SSSR count). The molecule has 0 bridgehead atoms. The highest BCUT2D eigenvalue weighted by Gasteiger charge is 2.16. The zero-order valence-electron chi connectivity index (χ0n) is 15.1. The van der Waals surface area contributed by atoms with Crippen LogP contribution in [0.25, 0.3) is 10.9 Å². The Bertz CT molecular complexity index is 908. The average molecular weight is 366 g/mol. The van der Waals surface area contributed by atoms with Crippen molar-refractivity contribution in [2.24, 2.45) is 0 Å². The fourth-order valence-corrected chi connectivity index (χ4v) is 3.48. The maximum atomic E-state index is 13.9. The molecular weight excluding hydrogens is 343 g/mol. The third-order valence-electron chi connectivity index (χ3n) is 5.06. The van der Waals surface area contributed by atoms with Crippen LogP contribution in [-0.2, 0) is 13.1 Å². The van der Waals surface area contributed by atoms with Gasteiger partial charge in [0.2, 0.25) is 0 Å². The number of aliphatic hydroxyl groups is 1. The number of aromatic nitrogens is 2. The molecule has 0 atom stereocenters. The molecule has 3 aromatic rings. The molecule has 27 heavy (non-hydrogen) atoms. The van der Waals surface area contributed by atoms with Crippen molar-refractivity contribution in [3.05, 3.63) is 65.7 Å². The van der Waals surface area contributed by atoms with Gasteiger partial charge in [-0.2, -0.15) is 0 Å². The van der Waals surface area contributed by atoms with Gasteiger partial charge >= 0.3 is 0 Å². The molecule has 0 spiro atoms. The first kappa shape index (κ1) is 17.8. The van der Waals surface area contributed by atoms with Crippen LogP contribution in [0.4, 0.5) is 10.2 Å².